The van der Waals surface area contributed by atoms with E-state index in [1.165, 1.54) is 18.4 Å². The molecule has 2 rings (SSSR count). The van der Waals surface area contributed by atoms with Crippen LogP contribution in [0.1, 0.15) is 18.4 Å². The Kier molecular flexibility index (Phi) is 3.01. The molecular formula is C10H14BrN3. The van der Waals surface area contributed by atoms with Crippen LogP contribution in [0.3, 0.4) is 0 Å². The van der Waals surface area contributed by atoms with Gasteiger partial charge >= 0.3 is 0 Å². The largest absolute Gasteiger partial charge is 0.351 e. The van der Waals surface area contributed by atoms with Gasteiger partial charge in [-0.1, -0.05) is 15.9 Å². The summed E-state index contributed by atoms with van der Waals surface area (Å²) in [4.78, 5) is 2.34. The Labute approximate surface area is 92.7 Å². The Morgan fingerprint density at radius 3 is 3.21 bits per heavy atom. The number of rotatable bonds is 2. The van der Waals surface area contributed by atoms with Crippen molar-refractivity contribution in [1.29, 1.82) is 0 Å². The number of hydrogen-bond donors (Lipinski definition) is 0. The Hall–Kier alpha value is -0.640. The van der Waals surface area contributed by atoms with E-state index in [0.717, 1.165) is 17.7 Å². The van der Waals surface area contributed by atoms with E-state index in [2.05, 4.69) is 44.0 Å². The van der Waals surface area contributed by atoms with Crippen molar-refractivity contribution in [1.82, 2.24) is 10.2 Å². The molecule has 14 heavy (non-hydrogen) atoms. The SMILES string of the molecule is Cc1cnnc(N2CCCC2CBr)c1. The fourth-order valence-electron chi connectivity index (χ4n) is 1.89. The molecule has 0 amide bonds. The van der Waals surface area contributed by atoms with Crippen LogP contribution in [-0.2, 0) is 0 Å². The fourth-order valence-corrected chi connectivity index (χ4v) is 2.56. The number of alkyl halides is 1. The highest BCUT2D eigenvalue weighted by molar-refractivity contribution is 9.09. The van der Waals surface area contributed by atoms with E-state index >= 15 is 0 Å². The Bertz CT molecular complexity index is 316. The normalized spacial score (nSPS) is 21.6. The quantitative estimate of drug-likeness (QED) is 0.759. The summed E-state index contributed by atoms with van der Waals surface area (Å²) in [5, 5.41) is 9.18. The van der Waals surface area contributed by atoms with Gasteiger partial charge in [0.05, 0.1) is 6.20 Å². The summed E-state index contributed by atoms with van der Waals surface area (Å²) in [6, 6.07) is 2.69. The zero-order valence-electron chi connectivity index (χ0n) is 8.28. The zero-order valence-corrected chi connectivity index (χ0v) is 9.87. The number of aryl methyl sites for hydroxylation is 1. The van der Waals surface area contributed by atoms with Crippen LogP contribution in [0.4, 0.5) is 5.82 Å². The molecule has 1 saturated heterocycles. The van der Waals surface area contributed by atoms with Gasteiger partial charge in [0.2, 0.25) is 0 Å². The lowest BCUT2D eigenvalue weighted by Gasteiger charge is -2.23. The predicted molar refractivity (Wildman–Crippen MR) is 60.9 cm³/mol. The Morgan fingerprint density at radius 1 is 1.64 bits per heavy atom. The monoisotopic (exact) mass is 255 g/mol. The first-order chi connectivity index (χ1) is 6.81. The van der Waals surface area contributed by atoms with Crippen molar-refractivity contribution in [3.63, 3.8) is 0 Å². The average molecular weight is 256 g/mol. The summed E-state index contributed by atoms with van der Waals surface area (Å²) in [5.41, 5.74) is 1.18. The standard InChI is InChI=1S/C10H14BrN3/c1-8-5-10(13-12-7-8)14-4-2-3-9(14)6-11/h5,7,9H,2-4,6H2,1H3. The first-order valence-corrected chi connectivity index (χ1v) is 6.05. The van der Waals surface area contributed by atoms with Crippen molar-refractivity contribution in [2.24, 2.45) is 0 Å². The molecule has 1 aromatic heterocycles. The molecule has 4 heteroatoms. The van der Waals surface area contributed by atoms with Crippen molar-refractivity contribution in [2.45, 2.75) is 25.8 Å². The molecule has 1 atom stereocenters. The predicted octanol–water partition coefficient (Wildman–Crippen LogP) is 2.15. The maximum absolute atomic E-state index is 4.17. The third-order valence-electron chi connectivity index (χ3n) is 2.63. The Balaban J connectivity index is 2.21. The van der Waals surface area contributed by atoms with Crippen molar-refractivity contribution in [3.8, 4) is 0 Å². The highest BCUT2D eigenvalue weighted by Gasteiger charge is 2.24. The molecule has 1 unspecified atom stereocenters. The number of anilines is 1. The number of nitrogens with zero attached hydrogens (tertiary/aromatic N) is 3. The topological polar surface area (TPSA) is 29.0 Å². The smallest absolute Gasteiger partial charge is 0.151 e. The van der Waals surface area contributed by atoms with E-state index in [1.807, 2.05) is 0 Å². The van der Waals surface area contributed by atoms with Gasteiger partial charge in [0.25, 0.3) is 0 Å². The molecule has 0 bridgehead atoms. The van der Waals surface area contributed by atoms with Crippen LogP contribution < -0.4 is 4.90 Å². The highest BCUT2D eigenvalue weighted by atomic mass is 79.9. The highest BCUT2D eigenvalue weighted by Crippen LogP contribution is 2.24. The van der Waals surface area contributed by atoms with E-state index in [4.69, 9.17) is 0 Å². The molecule has 0 aromatic carbocycles. The van der Waals surface area contributed by atoms with Gasteiger partial charge in [0.15, 0.2) is 5.82 Å². The van der Waals surface area contributed by atoms with Crippen molar-refractivity contribution < 1.29 is 0 Å². The molecule has 76 valence electrons. The average Bonchev–Trinajstić information content (AvgIpc) is 2.65. The molecule has 0 saturated carbocycles. The molecule has 1 aromatic rings. The second kappa shape index (κ2) is 4.26. The van der Waals surface area contributed by atoms with E-state index in [1.54, 1.807) is 6.20 Å². The van der Waals surface area contributed by atoms with Crippen LogP contribution >= 0.6 is 15.9 Å². The van der Waals surface area contributed by atoms with E-state index in [9.17, 15) is 0 Å². The summed E-state index contributed by atoms with van der Waals surface area (Å²) in [6.07, 6.45) is 4.30. The van der Waals surface area contributed by atoms with Gasteiger partial charge in [-0.15, -0.1) is 5.10 Å². The van der Waals surface area contributed by atoms with E-state index in [0.29, 0.717) is 6.04 Å². The molecule has 0 N–H and O–H groups in total. The van der Waals surface area contributed by atoms with Gasteiger partial charge in [-0.25, -0.2) is 0 Å². The molecule has 3 nitrogen and oxygen atoms in total. The molecule has 0 radical (unpaired) electrons. The van der Waals surface area contributed by atoms with E-state index in [-0.39, 0.29) is 0 Å². The molecule has 0 aliphatic carbocycles. The minimum absolute atomic E-state index is 0.589. The summed E-state index contributed by atoms with van der Waals surface area (Å²) >= 11 is 3.54. The first kappa shape index (κ1) is 9.90. The van der Waals surface area contributed by atoms with Gasteiger partial charge in [0, 0.05) is 17.9 Å². The van der Waals surface area contributed by atoms with Crippen LogP contribution in [-0.4, -0.2) is 28.1 Å². The third kappa shape index (κ3) is 1.90. The lowest BCUT2D eigenvalue weighted by Crippen LogP contribution is -2.31. The molecule has 1 aliphatic heterocycles. The summed E-state index contributed by atoms with van der Waals surface area (Å²) in [5.74, 6) is 1.02. The van der Waals surface area contributed by atoms with E-state index < -0.39 is 0 Å². The van der Waals surface area contributed by atoms with Gasteiger partial charge < -0.3 is 4.90 Å². The summed E-state index contributed by atoms with van der Waals surface area (Å²) < 4.78 is 0. The minimum atomic E-state index is 0.589. The number of halogens is 1. The molecule has 2 heterocycles. The molecule has 1 aliphatic rings. The van der Waals surface area contributed by atoms with Crippen LogP contribution in [0.5, 0.6) is 0 Å². The summed E-state index contributed by atoms with van der Waals surface area (Å²) in [6.45, 7) is 3.16. The van der Waals surface area contributed by atoms with Crippen molar-refractivity contribution in [2.75, 3.05) is 16.8 Å². The number of hydrogen-bond acceptors (Lipinski definition) is 3. The second-order valence-electron chi connectivity index (χ2n) is 3.73. The van der Waals surface area contributed by atoms with Crippen molar-refractivity contribution >= 4 is 21.7 Å². The fraction of sp³-hybridized carbons (Fsp3) is 0.600. The maximum atomic E-state index is 4.17. The summed E-state index contributed by atoms with van der Waals surface area (Å²) in [7, 11) is 0. The van der Waals surface area contributed by atoms with Gasteiger partial charge in [-0.2, -0.15) is 5.10 Å². The zero-order chi connectivity index (χ0) is 9.97. The van der Waals surface area contributed by atoms with Crippen LogP contribution in [0.15, 0.2) is 12.3 Å². The van der Waals surface area contributed by atoms with Crippen LogP contribution in [0.25, 0.3) is 0 Å². The van der Waals surface area contributed by atoms with Gasteiger partial charge in [-0.3, -0.25) is 0 Å². The lowest BCUT2D eigenvalue weighted by molar-refractivity contribution is 0.734. The molecule has 1 fully saturated rings. The Morgan fingerprint density at radius 2 is 2.50 bits per heavy atom. The minimum Gasteiger partial charge on any atom is -0.351 e. The lowest BCUT2D eigenvalue weighted by atomic mass is 10.2. The van der Waals surface area contributed by atoms with Crippen molar-refractivity contribution in [3.05, 3.63) is 17.8 Å². The molecule has 0 spiro atoms. The molecular weight excluding hydrogens is 242 g/mol. The third-order valence-corrected chi connectivity index (χ3v) is 3.38. The van der Waals surface area contributed by atoms with Crippen LogP contribution in [0, 0.1) is 6.92 Å². The van der Waals surface area contributed by atoms with Gasteiger partial charge in [-0.05, 0) is 31.4 Å². The maximum Gasteiger partial charge on any atom is 0.151 e. The second-order valence-corrected chi connectivity index (χ2v) is 4.38. The number of aromatic nitrogens is 2. The first-order valence-electron chi connectivity index (χ1n) is 4.93. The van der Waals surface area contributed by atoms with Gasteiger partial charge in [0.1, 0.15) is 0 Å². The van der Waals surface area contributed by atoms with Crippen LogP contribution in [0.2, 0.25) is 0 Å².